The third-order valence-corrected chi connectivity index (χ3v) is 3.29. The fraction of sp³-hybridized carbons (Fsp3) is 0.400. The van der Waals surface area contributed by atoms with E-state index in [1.807, 2.05) is 23.3 Å². The Hall–Kier alpha value is -1.20. The standard InChI is InChI=1S/C10H14N4S/c1-7-10(3-11)8(2)14(13-7)5-9-4-12-6-15-9/h4,6H,3,5,11H2,1-2H3. The fourth-order valence-electron chi connectivity index (χ4n) is 1.65. The summed E-state index contributed by atoms with van der Waals surface area (Å²) in [4.78, 5) is 5.26. The maximum Gasteiger partial charge on any atom is 0.0794 e. The molecule has 15 heavy (non-hydrogen) atoms. The van der Waals surface area contributed by atoms with Gasteiger partial charge in [-0.2, -0.15) is 5.10 Å². The lowest BCUT2D eigenvalue weighted by atomic mass is 10.2. The second-order valence-electron chi connectivity index (χ2n) is 3.48. The molecule has 0 unspecified atom stereocenters. The summed E-state index contributed by atoms with van der Waals surface area (Å²) < 4.78 is 1.99. The molecule has 2 aromatic heterocycles. The summed E-state index contributed by atoms with van der Waals surface area (Å²) in [6.07, 6.45) is 1.88. The quantitative estimate of drug-likeness (QED) is 0.855. The Balaban J connectivity index is 2.29. The van der Waals surface area contributed by atoms with E-state index < -0.39 is 0 Å². The molecule has 0 radical (unpaired) electrons. The molecule has 0 spiro atoms. The van der Waals surface area contributed by atoms with E-state index in [4.69, 9.17) is 5.73 Å². The van der Waals surface area contributed by atoms with Crippen LogP contribution in [-0.2, 0) is 13.1 Å². The van der Waals surface area contributed by atoms with Crippen LogP contribution in [0, 0.1) is 13.8 Å². The summed E-state index contributed by atoms with van der Waals surface area (Å²) in [7, 11) is 0. The van der Waals surface area contributed by atoms with Crippen molar-refractivity contribution < 1.29 is 0 Å². The number of nitrogens with zero attached hydrogens (tertiary/aromatic N) is 3. The van der Waals surface area contributed by atoms with Gasteiger partial charge in [0.05, 0.1) is 17.7 Å². The van der Waals surface area contributed by atoms with Gasteiger partial charge in [-0.15, -0.1) is 11.3 Å². The summed E-state index contributed by atoms with van der Waals surface area (Å²) in [6, 6.07) is 0. The fourth-order valence-corrected chi connectivity index (χ4v) is 2.23. The van der Waals surface area contributed by atoms with Crippen LogP contribution in [0.15, 0.2) is 11.7 Å². The van der Waals surface area contributed by atoms with Gasteiger partial charge in [-0.3, -0.25) is 9.67 Å². The van der Waals surface area contributed by atoms with Crippen molar-refractivity contribution in [3.8, 4) is 0 Å². The van der Waals surface area contributed by atoms with E-state index in [9.17, 15) is 0 Å². The number of rotatable bonds is 3. The molecule has 2 N–H and O–H groups in total. The van der Waals surface area contributed by atoms with Crippen molar-refractivity contribution in [2.45, 2.75) is 26.9 Å². The zero-order valence-corrected chi connectivity index (χ0v) is 9.71. The average molecular weight is 222 g/mol. The van der Waals surface area contributed by atoms with E-state index in [1.165, 1.54) is 4.88 Å². The summed E-state index contributed by atoms with van der Waals surface area (Å²) in [5.41, 5.74) is 10.8. The predicted molar refractivity (Wildman–Crippen MR) is 60.8 cm³/mol. The molecule has 0 bridgehead atoms. The molecule has 0 aliphatic rings. The van der Waals surface area contributed by atoms with Crippen LogP contribution in [0.25, 0.3) is 0 Å². The molecule has 0 saturated heterocycles. The van der Waals surface area contributed by atoms with Crippen molar-refractivity contribution in [1.82, 2.24) is 14.8 Å². The molecule has 0 aromatic carbocycles. The molecule has 0 fully saturated rings. The molecule has 2 heterocycles. The highest BCUT2D eigenvalue weighted by atomic mass is 32.1. The molecule has 5 heteroatoms. The Bertz CT molecular complexity index is 444. The SMILES string of the molecule is Cc1nn(Cc2cncs2)c(C)c1CN. The second kappa shape index (κ2) is 4.12. The van der Waals surface area contributed by atoms with Gasteiger partial charge in [0, 0.05) is 28.9 Å². The molecule has 2 rings (SSSR count). The molecule has 2 aromatic rings. The van der Waals surface area contributed by atoms with Crippen molar-refractivity contribution in [2.24, 2.45) is 5.73 Å². The first-order chi connectivity index (χ1) is 7.22. The summed E-state index contributed by atoms with van der Waals surface area (Å²) in [5.74, 6) is 0. The monoisotopic (exact) mass is 222 g/mol. The Labute approximate surface area is 92.8 Å². The van der Waals surface area contributed by atoms with Crippen molar-refractivity contribution in [3.05, 3.63) is 33.5 Å². The average Bonchev–Trinajstić information content (AvgIpc) is 2.78. The number of aromatic nitrogens is 3. The highest BCUT2D eigenvalue weighted by Crippen LogP contribution is 2.15. The molecular weight excluding hydrogens is 208 g/mol. The molecule has 4 nitrogen and oxygen atoms in total. The van der Waals surface area contributed by atoms with Crippen LogP contribution in [0.1, 0.15) is 21.8 Å². The van der Waals surface area contributed by atoms with Crippen molar-refractivity contribution in [2.75, 3.05) is 0 Å². The normalized spacial score (nSPS) is 10.9. The highest BCUT2D eigenvalue weighted by molar-refractivity contribution is 7.09. The molecule has 0 saturated carbocycles. The minimum Gasteiger partial charge on any atom is -0.326 e. The van der Waals surface area contributed by atoms with Crippen LogP contribution in [0.3, 0.4) is 0 Å². The molecule has 0 aliphatic heterocycles. The topological polar surface area (TPSA) is 56.7 Å². The van der Waals surface area contributed by atoms with Crippen LogP contribution in [0.2, 0.25) is 0 Å². The van der Waals surface area contributed by atoms with Gasteiger partial charge in [-0.1, -0.05) is 0 Å². The van der Waals surface area contributed by atoms with Gasteiger partial charge in [0.2, 0.25) is 0 Å². The largest absolute Gasteiger partial charge is 0.326 e. The minimum atomic E-state index is 0.556. The lowest BCUT2D eigenvalue weighted by Crippen LogP contribution is -2.04. The molecule has 80 valence electrons. The van der Waals surface area contributed by atoms with E-state index in [-0.39, 0.29) is 0 Å². The van der Waals surface area contributed by atoms with Crippen LogP contribution in [-0.4, -0.2) is 14.8 Å². The van der Waals surface area contributed by atoms with Gasteiger partial charge in [0.1, 0.15) is 0 Å². The number of hydrogen-bond acceptors (Lipinski definition) is 4. The third-order valence-electron chi connectivity index (χ3n) is 2.52. The van der Waals surface area contributed by atoms with Crippen molar-refractivity contribution in [3.63, 3.8) is 0 Å². The Kier molecular flexibility index (Phi) is 2.83. The minimum absolute atomic E-state index is 0.556. The second-order valence-corrected chi connectivity index (χ2v) is 4.45. The van der Waals surface area contributed by atoms with Crippen molar-refractivity contribution in [1.29, 1.82) is 0 Å². The van der Waals surface area contributed by atoms with Gasteiger partial charge in [0.25, 0.3) is 0 Å². The number of nitrogens with two attached hydrogens (primary N) is 1. The van der Waals surface area contributed by atoms with E-state index in [1.54, 1.807) is 11.3 Å². The van der Waals surface area contributed by atoms with Crippen molar-refractivity contribution >= 4 is 11.3 Å². The first-order valence-electron chi connectivity index (χ1n) is 4.82. The Morgan fingerprint density at radius 3 is 2.80 bits per heavy atom. The van der Waals surface area contributed by atoms with Crippen LogP contribution >= 0.6 is 11.3 Å². The maximum atomic E-state index is 5.68. The van der Waals surface area contributed by atoms with Gasteiger partial charge >= 0.3 is 0 Å². The van der Waals surface area contributed by atoms with Crippen LogP contribution < -0.4 is 5.73 Å². The van der Waals surface area contributed by atoms with Gasteiger partial charge < -0.3 is 5.73 Å². The predicted octanol–water partition coefficient (Wildman–Crippen LogP) is 1.46. The zero-order chi connectivity index (χ0) is 10.8. The van der Waals surface area contributed by atoms with E-state index in [2.05, 4.69) is 17.0 Å². The van der Waals surface area contributed by atoms with Gasteiger partial charge in [-0.05, 0) is 13.8 Å². The zero-order valence-electron chi connectivity index (χ0n) is 8.90. The van der Waals surface area contributed by atoms with Gasteiger partial charge in [0.15, 0.2) is 0 Å². The van der Waals surface area contributed by atoms with E-state index in [0.29, 0.717) is 6.54 Å². The molecule has 0 amide bonds. The summed E-state index contributed by atoms with van der Waals surface area (Å²) in [6.45, 7) is 5.40. The smallest absolute Gasteiger partial charge is 0.0794 e. The lowest BCUT2D eigenvalue weighted by molar-refractivity contribution is 0.664. The first kappa shape index (κ1) is 10.3. The maximum absolute atomic E-state index is 5.68. The highest BCUT2D eigenvalue weighted by Gasteiger charge is 2.10. The van der Waals surface area contributed by atoms with E-state index in [0.717, 1.165) is 23.5 Å². The molecule has 0 atom stereocenters. The summed E-state index contributed by atoms with van der Waals surface area (Å²) in [5, 5.41) is 4.47. The summed E-state index contributed by atoms with van der Waals surface area (Å²) >= 11 is 1.65. The number of aryl methyl sites for hydroxylation is 1. The number of hydrogen-bond donors (Lipinski definition) is 1. The first-order valence-corrected chi connectivity index (χ1v) is 5.70. The Morgan fingerprint density at radius 1 is 1.47 bits per heavy atom. The number of thiazole rings is 1. The van der Waals surface area contributed by atoms with E-state index >= 15 is 0 Å². The Morgan fingerprint density at radius 2 is 2.27 bits per heavy atom. The van der Waals surface area contributed by atoms with Gasteiger partial charge in [-0.25, -0.2) is 0 Å². The van der Waals surface area contributed by atoms with Crippen LogP contribution in [0.5, 0.6) is 0 Å². The van der Waals surface area contributed by atoms with Crippen LogP contribution in [0.4, 0.5) is 0 Å². The third kappa shape index (κ3) is 1.93. The molecule has 0 aliphatic carbocycles. The molecular formula is C10H14N4S. The lowest BCUT2D eigenvalue weighted by Gasteiger charge is -2.02.